The number of aromatic amines is 1. The van der Waals surface area contributed by atoms with Crippen LogP contribution in [0, 0.1) is 17.6 Å². The van der Waals surface area contributed by atoms with E-state index in [1.165, 1.54) is 27.6 Å². The summed E-state index contributed by atoms with van der Waals surface area (Å²) in [5, 5.41) is 14.9. The molecular formula is C48H45F2N11O5. The summed E-state index contributed by atoms with van der Waals surface area (Å²) in [7, 11) is 0. The van der Waals surface area contributed by atoms with Gasteiger partial charge in [0.15, 0.2) is 11.6 Å². The lowest BCUT2D eigenvalue weighted by atomic mass is 9.92. The van der Waals surface area contributed by atoms with Crippen molar-refractivity contribution in [3.8, 4) is 17.2 Å². The van der Waals surface area contributed by atoms with E-state index >= 15 is 13.6 Å². The van der Waals surface area contributed by atoms with E-state index in [2.05, 4.69) is 21.3 Å². The maximum Gasteiger partial charge on any atom is 0.438 e. The number of amides is 1. The van der Waals surface area contributed by atoms with Crippen molar-refractivity contribution in [1.82, 2.24) is 53.3 Å². The first-order valence-electron chi connectivity index (χ1n) is 23.0. The van der Waals surface area contributed by atoms with Crippen molar-refractivity contribution in [2.45, 2.75) is 95.2 Å². The van der Waals surface area contributed by atoms with Crippen LogP contribution in [0.3, 0.4) is 0 Å². The number of rotatable bonds is 8. The van der Waals surface area contributed by atoms with Gasteiger partial charge in [-0.2, -0.15) is 10.2 Å². The van der Waals surface area contributed by atoms with Gasteiger partial charge in [0.1, 0.15) is 28.5 Å². The van der Waals surface area contributed by atoms with Gasteiger partial charge in [-0.15, -0.1) is 0 Å². The van der Waals surface area contributed by atoms with Gasteiger partial charge in [0, 0.05) is 55.7 Å². The molecule has 8 aromatic rings. The summed E-state index contributed by atoms with van der Waals surface area (Å²) in [6, 6.07) is 10.2. The van der Waals surface area contributed by atoms with Crippen molar-refractivity contribution in [3.63, 3.8) is 0 Å². The Hall–Kier alpha value is -6.95. The van der Waals surface area contributed by atoms with E-state index in [4.69, 9.17) is 19.3 Å². The molecule has 2 aliphatic heterocycles. The SMILES string of the molecule is C[C@H]1c2c(nn(-c3ccc(F)c4c3CCC4)c2-n2ccn(-c3ccc4c(cnn4C4CC4)c3F)c2=O)CCN1C(=O)c1cc2cc(C3CCOCC3)cnc2n1[C@@]1(c2noc(=O)[nH]2)C[C@@H]1C. The first-order valence-corrected chi connectivity index (χ1v) is 23.0. The standard InChI is InChI=1S/C48H45F2N11O5/c1-25-22-48(25,45-53-46(63)66-55-45)59-39(21-28-20-29(23-51-42(28)59)27-13-18-65-19-14-27)44(62)56-15-12-35-40(26(56)2)43(61(54-35)36-9-8-34(49)31-4-3-5-32(31)36)58-17-16-57(47(58)64)38-11-10-37-33(41(38)50)24-52-60(37)30-6-7-30/h8-11,16-17,20-21,23-27,30H,3-7,12-15,18-19,22H2,1-2H3,(H,53,55,63)/t25-,26-,48-/m0/s1. The molecule has 8 heterocycles. The van der Waals surface area contributed by atoms with Crippen LogP contribution in [-0.4, -0.2) is 79.0 Å². The zero-order valence-electron chi connectivity index (χ0n) is 36.3. The number of imidazole rings is 1. The van der Waals surface area contributed by atoms with E-state index in [0.29, 0.717) is 102 Å². The number of carbonyl (C=O) groups is 1. The van der Waals surface area contributed by atoms with E-state index in [1.807, 2.05) is 35.4 Å². The number of ether oxygens (including phenoxy) is 1. The number of pyridine rings is 1. The lowest BCUT2D eigenvalue weighted by Crippen LogP contribution is -2.41. The monoisotopic (exact) mass is 893 g/mol. The predicted octanol–water partition coefficient (Wildman–Crippen LogP) is 6.73. The van der Waals surface area contributed by atoms with Crippen LogP contribution in [0.4, 0.5) is 8.78 Å². The summed E-state index contributed by atoms with van der Waals surface area (Å²) in [5.41, 5.74) is 4.76. The number of fused-ring (bicyclic) bond motifs is 4. The van der Waals surface area contributed by atoms with Crippen LogP contribution >= 0.6 is 0 Å². The third-order valence-corrected chi connectivity index (χ3v) is 15.1. The van der Waals surface area contributed by atoms with E-state index in [0.717, 1.165) is 48.6 Å². The average Bonchev–Trinajstić information content (AvgIpc) is 3.74. The molecule has 0 spiro atoms. The van der Waals surface area contributed by atoms with Crippen molar-refractivity contribution in [3.05, 3.63) is 133 Å². The van der Waals surface area contributed by atoms with Crippen LogP contribution < -0.4 is 11.4 Å². The number of H-pyrrole nitrogens is 1. The number of nitrogens with zero attached hydrogens (tertiary/aromatic N) is 10. The minimum Gasteiger partial charge on any atom is -0.381 e. The van der Waals surface area contributed by atoms with Gasteiger partial charge in [0.25, 0.3) is 5.91 Å². The Labute approximate surface area is 374 Å². The Bertz CT molecular complexity index is 3450. The fraction of sp³-hybridized carbons (Fsp3) is 0.396. The van der Waals surface area contributed by atoms with E-state index in [-0.39, 0.29) is 35.3 Å². The zero-order chi connectivity index (χ0) is 44.7. The molecule has 66 heavy (non-hydrogen) atoms. The van der Waals surface area contributed by atoms with Gasteiger partial charge in [0.2, 0.25) is 0 Å². The lowest BCUT2D eigenvalue weighted by molar-refractivity contribution is 0.0663. The minimum absolute atomic E-state index is 0.0270. The second-order valence-corrected chi connectivity index (χ2v) is 18.8. The molecule has 3 fully saturated rings. The molecule has 1 saturated heterocycles. The molecule has 1 N–H and O–H groups in total. The number of nitrogens with one attached hydrogen (secondary N) is 1. The highest BCUT2D eigenvalue weighted by atomic mass is 19.1. The Kier molecular flexibility index (Phi) is 8.52. The van der Waals surface area contributed by atoms with Crippen molar-refractivity contribution in [2.75, 3.05) is 19.8 Å². The van der Waals surface area contributed by atoms with Crippen LogP contribution in [0.1, 0.15) is 115 Å². The third-order valence-electron chi connectivity index (χ3n) is 15.1. The quantitative estimate of drug-likeness (QED) is 0.174. The minimum atomic E-state index is -0.902. The first-order chi connectivity index (χ1) is 32.1. The van der Waals surface area contributed by atoms with Gasteiger partial charge in [-0.1, -0.05) is 12.1 Å². The fourth-order valence-electron chi connectivity index (χ4n) is 11.4. The Morgan fingerprint density at radius 2 is 1.71 bits per heavy atom. The number of hydrogen-bond donors (Lipinski definition) is 1. The first kappa shape index (κ1) is 39.4. The number of benzene rings is 2. The molecule has 0 bridgehead atoms. The molecule has 0 radical (unpaired) electrons. The van der Waals surface area contributed by atoms with E-state index in [1.54, 1.807) is 34.0 Å². The van der Waals surface area contributed by atoms with Gasteiger partial charge < -0.3 is 14.2 Å². The van der Waals surface area contributed by atoms with Gasteiger partial charge in [0.05, 0.1) is 46.3 Å². The maximum absolute atomic E-state index is 16.4. The van der Waals surface area contributed by atoms with Crippen molar-refractivity contribution >= 4 is 27.8 Å². The van der Waals surface area contributed by atoms with Gasteiger partial charge >= 0.3 is 11.4 Å². The summed E-state index contributed by atoms with van der Waals surface area (Å²) < 4.78 is 50.6. The van der Waals surface area contributed by atoms with E-state index < -0.39 is 28.8 Å². The molecule has 18 heteroatoms. The fourth-order valence-corrected chi connectivity index (χ4v) is 11.4. The second kappa shape index (κ2) is 14.3. The largest absolute Gasteiger partial charge is 0.438 e. The molecule has 0 unspecified atom stereocenters. The number of aromatic nitrogens is 10. The lowest BCUT2D eigenvalue weighted by Gasteiger charge is -2.34. The normalized spacial score (nSPS) is 21.8. The van der Waals surface area contributed by atoms with Gasteiger partial charge in [-0.25, -0.2) is 28.0 Å². The van der Waals surface area contributed by atoms with Gasteiger partial charge in [-0.05, 0) is 123 Å². The molecule has 3 atom stereocenters. The Morgan fingerprint density at radius 3 is 2.48 bits per heavy atom. The molecule has 5 aliphatic rings. The zero-order valence-corrected chi connectivity index (χ0v) is 36.3. The maximum atomic E-state index is 16.4. The van der Waals surface area contributed by atoms with Crippen molar-refractivity contribution in [2.24, 2.45) is 5.92 Å². The van der Waals surface area contributed by atoms with Crippen LogP contribution in [0.15, 0.2) is 75.3 Å². The third kappa shape index (κ3) is 5.65. The van der Waals surface area contributed by atoms with Crippen LogP contribution in [0.5, 0.6) is 0 Å². The molecule has 16 nitrogen and oxygen atoms in total. The average molecular weight is 894 g/mol. The molecule has 13 rings (SSSR count). The van der Waals surface area contributed by atoms with Crippen LogP contribution in [-0.2, 0) is 29.5 Å². The van der Waals surface area contributed by atoms with Gasteiger partial charge in [-0.3, -0.25) is 28.1 Å². The van der Waals surface area contributed by atoms with Crippen molar-refractivity contribution in [1.29, 1.82) is 0 Å². The number of carbonyl (C=O) groups excluding carboxylic acids is 1. The number of hydrogen-bond acceptors (Lipinski definition) is 9. The highest BCUT2D eigenvalue weighted by molar-refractivity contribution is 5.99. The summed E-state index contributed by atoms with van der Waals surface area (Å²) in [6.45, 7) is 5.60. The van der Waals surface area contributed by atoms with Crippen LogP contribution in [0.2, 0.25) is 0 Å². The predicted molar refractivity (Wildman–Crippen MR) is 236 cm³/mol. The Morgan fingerprint density at radius 1 is 0.924 bits per heavy atom. The second-order valence-electron chi connectivity index (χ2n) is 18.8. The highest BCUT2D eigenvalue weighted by Gasteiger charge is 2.59. The topological polar surface area (TPSA) is 169 Å². The summed E-state index contributed by atoms with van der Waals surface area (Å²) in [5.74, 6) is -0.860. The molecule has 336 valence electrons. The highest BCUT2D eigenvalue weighted by Crippen LogP contribution is 2.56. The van der Waals surface area contributed by atoms with E-state index in [9.17, 15) is 9.59 Å². The summed E-state index contributed by atoms with van der Waals surface area (Å²) >= 11 is 0. The summed E-state index contributed by atoms with van der Waals surface area (Å²) in [4.78, 5) is 52.4. The molecular weight excluding hydrogens is 849 g/mol. The smallest absolute Gasteiger partial charge is 0.381 e. The molecule has 6 aromatic heterocycles. The molecule has 1 amide bonds. The van der Waals surface area contributed by atoms with Crippen LogP contribution in [0.25, 0.3) is 39.1 Å². The summed E-state index contributed by atoms with van der Waals surface area (Å²) in [6.07, 6.45) is 13.2. The molecule has 3 aliphatic carbocycles. The number of halogens is 2. The Balaban J connectivity index is 0.957. The van der Waals surface area contributed by atoms with Crippen molar-refractivity contribution < 1.29 is 22.8 Å². The molecule has 2 saturated carbocycles. The molecule has 2 aromatic carbocycles.